The molecule has 2 aromatic rings. The third kappa shape index (κ3) is 5.12. The maximum atomic E-state index is 13.5. The van der Waals surface area contributed by atoms with E-state index >= 15 is 0 Å². The molecular formula is C23H24F3N3O. The summed E-state index contributed by atoms with van der Waals surface area (Å²) in [5.74, 6) is 7.03. The van der Waals surface area contributed by atoms with Crippen molar-refractivity contribution in [1.82, 2.24) is 4.98 Å². The van der Waals surface area contributed by atoms with E-state index in [2.05, 4.69) is 16.8 Å². The minimum atomic E-state index is -4.59. The molecule has 3 rings (SSSR count). The molecule has 0 atom stereocenters. The number of carbonyl (C=O) groups is 1. The fourth-order valence-electron chi connectivity index (χ4n) is 3.31. The number of pyridine rings is 1. The molecule has 0 unspecified atom stereocenters. The van der Waals surface area contributed by atoms with E-state index in [1.54, 1.807) is 11.1 Å². The molecule has 0 bridgehead atoms. The zero-order valence-corrected chi connectivity index (χ0v) is 17.3. The second-order valence-electron chi connectivity index (χ2n) is 8.24. The van der Waals surface area contributed by atoms with Crippen LogP contribution < -0.4 is 9.80 Å². The van der Waals surface area contributed by atoms with E-state index in [0.717, 1.165) is 11.4 Å². The third-order valence-electron chi connectivity index (χ3n) is 4.76. The van der Waals surface area contributed by atoms with Crippen LogP contribution in [0.15, 0.2) is 36.5 Å². The predicted octanol–water partition coefficient (Wildman–Crippen LogP) is 4.64. The van der Waals surface area contributed by atoms with Crippen LogP contribution in [-0.2, 0) is 6.18 Å². The summed E-state index contributed by atoms with van der Waals surface area (Å²) in [6.45, 7) is 7.98. The van der Waals surface area contributed by atoms with Gasteiger partial charge in [-0.1, -0.05) is 24.0 Å². The van der Waals surface area contributed by atoms with Crippen LogP contribution in [0.5, 0.6) is 0 Å². The topological polar surface area (TPSA) is 36.4 Å². The van der Waals surface area contributed by atoms with Crippen molar-refractivity contribution in [3.63, 3.8) is 0 Å². The van der Waals surface area contributed by atoms with E-state index in [-0.39, 0.29) is 23.0 Å². The number of hydrogen-bond acceptors (Lipinski definition) is 4. The first kappa shape index (κ1) is 21.7. The lowest BCUT2D eigenvalue weighted by atomic mass is 9.97. The highest BCUT2D eigenvalue weighted by atomic mass is 19.4. The van der Waals surface area contributed by atoms with Crippen molar-refractivity contribution in [3.05, 3.63) is 53.2 Å². The fraction of sp³-hybridized carbons (Fsp3) is 0.391. The molecule has 2 heterocycles. The van der Waals surface area contributed by atoms with Gasteiger partial charge in [0.15, 0.2) is 6.29 Å². The Kier molecular flexibility index (Phi) is 6.06. The molecule has 158 valence electrons. The van der Waals surface area contributed by atoms with Gasteiger partial charge in [0.2, 0.25) is 0 Å². The molecule has 0 spiro atoms. The standard InChI is InChI=1S/C23H24F3N3O/c1-22(2,3)10-9-17-7-8-20(27-15-17)29-13-11-28(12-14-29)19-6-4-5-18(16-30)21(19)23(24,25)26/h4-8,15-16H,11-14H2,1-3H3. The van der Waals surface area contributed by atoms with Crippen molar-refractivity contribution in [3.8, 4) is 11.8 Å². The molecule has 4 nitrogen and oxygen atoms in total. The number of nitrogens with zero attached hydrogens (tertiary/aromatic N) is 3. The molecule has 0 N–H and O–H groups in total. The Balaban J connectivity index is 1.73. The number of aromatic nitrogens is 1. The summed E-state index contributed by atoms with van der Waals surface area (Å²) in [6.07, 6.45) is -2.61. The quantitative estimate of drug-likeness (QED) is 0.541. The minimum Gasteiger partial charge on any atom is -0.367 e. The van der Waals surface area contributed by atoms with Crippen molar-refractivity contribution in [2.45, 2.75) is 26.9 Å². The van der Waals surface area contributed by atoms with Crippen LogP contribution in [0.3, 0.4) is 0 Å². The molecule has 1 fully saturated rings. The summed E-state index contributed by atoms with van der Waals surface area (Å²) < 4.78 is 40.6. The highest BCUT2D eigenvalue weighted by Gasteiger charge is 2.38. The number of aldehydes is 1. The summed E-state index contributed by atoms with van der Waals surface area (Å²) in [4.78, 5) is 19.3. The van der Waals surface area contributed by atoms with Gasteiger partial charge in [0.05, 0.1) is 5.56 Å². The Hall–Kier alpha value is -3.01. The zero-order valence-electron chi connectivity index (χ0n) is 17.3. The molecule has 0 saturated carbocycles. The van der Waals surface area contributed by atoms with Crippen LogP contribution in [-0.4, -0.2) is 37.4 Å². The largest absolute Gasteiger partial charge is 0.419 e. The minimum absolute atomic E-state index is 0.0486. The van der Waals surface area contributed by atoms with Crippen LogP contribution in [0.4, 0.5) is 24.7 Å². The van der Waals surface area contributed by atoms with E-state index < -0.39 is 11.7 Å². The predicted molar refractivity (Wildman–Crippen MR) is 112 cm³/mol. The number of carbonyl (C=O) groups excluding carboxylic acids is 1. The van der Waals surface area contributed by atoms with Gasteiger partial charge in [-0.25, -0.2) is 4.98 Å². The molecule has 30 heavy (non-hydrogen) atoms. The van der Waals surface area contributed by atoms with Crippen LogP contribution >= 0.6 is 0 Å². The third-order valence-corrected chi connectivity index (χ3v) is 4.76. The molecule has 0 amide bonds. The summed E-state index contributed by atoms with van der Waals surface area (Å²) in [7, 11) is 0. The van der Waals surface area contributed by atoms with Gasteiger partial charge >= 0.3 is 6.18 Å². The van der Waals surface area contributed by atoms with E-state index in [0.29, 0.717) is 26.2 Å². The number of halogens is 3. The number of anilines is 2. The monoisotopic (exact) mass is 415 g/mol. The van der Waals surface area contributed by atoms with Crippen molar-refractivity contribution in [2.24, 2.45) is 5.41 Å². The van der Waals surface area contributed by atoms with Gasteiger partial charge < -0.3 is 9.80 Å². The van der Waals surface area contributed by atoms with Crippen molar-refractivity contribution >= 4 is 17.8 Å². The Labute approximate surface area is 174 Å². The van der Waals surface area contributed by atoms with Crippen molar-refractivity contribution in [2.75, 3.05) is 36.0 Å². The molecule has 1 aromatic heterocycles. The van der Waals surface area contributed by atoms with Gasteiger partial charge in [-0.2, -0.15) is 13.2 Å². The van der Waals surface area contributed by atoms with Gasteiger partial charge in [-0.15, -0.1) is 0 Å². The molecule has 7 heteroatoms. The fourth-order valence-corrected chi connectivity index (χ4v) is 3.31. The molecule has 1 aliphatic rings. The first-order valence-corrected chi connectivity index (χ1v) is 9.73. The Bertz CT molecular complexity index is 958. The molecule has 1 aromatic carbocycles. The van der Waals surface area contributed by atoms with Crippen LogP contribution in [0.1, 0.15) is 42.3 Å². The maximum absolute atomic E-state index is 13.5. The van der Waals surface area contributed by atoms with Gasteiger partial charge in [0, 0.05) is 54.6 Å². The van der Waals surface area contributed by atoms with Gasteiger partial charge in [0.1, 0.15) is 5.82 Å². The number of benzene rings is 1. The Morgan fingerprint density at radius 3 is 2.20 bits per heavy atom. The van der Waals surface area contributed by atoms with E-state index in [1.165, 1.54) is 18.2 Å². The maximum Gasteiger partial charge on any atom is 0.419 e. The number of piperazine rings is 1. The van der Waals surface area contributed by atoms with Gasteiger partial charge in [0.25, 0.3) is 0 Å². The van der Waals surface area contributed by atoms with E-state index in [9.17, 15) is 18.0 Å². The highest BCUT2D eigenvalue weighted by molar-refractivity contribution is 5.81. The smallest absolute Gasteiger partial charge is 0.367 e. The lowest BCUT2D eigenvalue weighted by molar-refractivity contribution is -0.137. The Morgan fingerprint density at radius 1 is 1.00 bits per heavy atom. The molecule has 0 aliphatic carbocycles. The van der Waals surface area contributed by atoms with E-state index in [4.69, 9.17) is 0 Å². The highest BCUT2D eigenvalue weighted by Crippen LogP contribution is 2.39. The summed E-state index contributed by atoms with van der Waals surface area (Å²) in [5, 5.41) is 0. The van der Waals surface area contributed by atoms with Gasteiger partial charge in [-0.3, -0.25) is 4.79 Å². The summed E-state index contributed by atoms with van der Waals surface area (Å²) >= 11 is 0. The number of alkyl halides is 3. The normalized spacial score (nSPS) is 14.9. The second-order valence-corrected chi connectivity index (χ2v) is 8.24. The van der Waals surface area contributed by atoms with Crippen LogP contribution in [0.2, 0.25) is 0 Å². The van der Waals surface area contributed by atoms with Crippen molar-refractivity contribution < 1.29 is 18.0 Å². The number of hydrogen-bond donors (Lipinski definition) is 0. The van der Waals surface area contributed by atoms with Crippen molar-refractivity contribution in [1.29, 1.82) is 0 Å². The summed E-state index contributed by atoms with van der Waals surface area (Å²) in [6, 6.07) is 7.90. The summed E-state index contributed by atoms with van der Waals surface area (Å²) in [5.41, 5.74) is -0.421. The Morgan fingerprint density at radius 2 is 1.67 bits per heavy atom. The zero-order chi connectivity index (χ0) is 21.9. The average Bonchev–Trinajstić information content (AvgIpc) is 2.71. The SMILES string of the molecule is CC(C)(C)C#Cc1ccc(N2CCN(c3cccc(C=O)c3C(F)(F)F)CC2)nc1. The molecule has 0 radical (unpaired) electrons. The van der Waals surface area contributed by atoms with Gasteiger partial charge in [-0.05, 0) is 39.0 Å². The lowest BCUT2D eigenvalue weighted by Gasteiger charge is -2.38. The number of rotatable bonds is 3. The van der Waals surface area contributed by atoms with Crippen LogP contribution in [0.25, 0.3) is 0 Å². The van der Waals surface area contributed by atoms with Crippen LogP contribution in [0, 0.1) is 17.3 Å². The second kappa shape index (κ2) is 8.39. The first-order chi connectivity index (χ1) is 14.1. The molecular weight excluding hydrogens is 391 g/mol. The first-order valence-electron chi connectivity index (χ1n) is 9.73. The molecule has 1 saturated heterocycles. The van der Waals surface area contributed by atoms with E-state index in [1.807, 2.05) is 37.8 Å². The molecule has 1 aliphatic heterocycles. The lowest BCUT2D eigenvalue weighted by Crippen LogP contribution is -2.47. The average molecular weight is 415 g/mol.